The molecule has 0 amide bonds. The fourth-order valence-electron chi connectivity index (χ4n) is 3.12. The molecule has 0 saturated heterocycles. The predicted octanol–water partition coefficient (Wildman–Crippen LogP) is 6.21. The second kappa shape index (κ2) is 9.09. The van der Waals surface area contributed by atoms with Gasteiger partial charge in [-0.2, -0.15) is 0 Å². The lowest BCUT2D eigenvalue weighted by Crippen LogP contribution is -2.13. The molecule has 1 aromatic heterocycles. The SMILES string of the molecule is Cc1ccc(-c2cc(C(=O)OCCOc3ccc(Br)cc3)c3ccccc3n2)cc1. The molecule has 0 spiro atoms. The van der Waals surface area contributed by atoms with Crippen molar-refractivity contribution in [1.82, 2.24) is 4.98 Å². The minimum Gasteiger partial charge on any atom is -0.490 e. The number of esters is 1. The van der Waals surface area contributed by atoms with E-state index >= 15 is 0 Å². The first kappa shape index (κ1) is 20.1. The third kappa shape index (κ3) is 4.69. The summed E-state index contributed by atoms with van der Waals surface area (Å²) in [6.07, 6.45) is 0. The highest BCUT2D eigenvalue weighted by molar-refractivity contribution is 9.10. The third-order valence-corrected chi connectivity index (χ3v) is 5.21. The molecule has 4 nitrogen and oxygen atoms in total. The fraction of sp³-hybridized carbons (Fsp3) is 0.120. The average Bonchev–Trinajstić information content (AvgIpc) is 2.77. The summed E-state index contributed by atoms with van der Waals surface area (Å²) in [6.45, 7) is 2.48. The maximum atomic E-state index is 12.8. The number of carbonyl (C=O) groups excluding carboxylic acids is 1. The number of carbonyl (C=O) groups is 1. The Morgan fingerprint density at radius 2 is 1.67 bits per heavy atom. The first-order valence-corrected chi connectivity index (χ1v) is 10.4. The number of hydrogen-bond acceptors (Lipinski definition) is 4. The van der Waals surface area contributed by atoms with Crippen molar-refractivity contribution < 1.29 is 14.3 Å². The Kier molecular flexibility index (Phi) is 6.10. The van der Waals surface area contributed by atoms with Gasteiger partial charge in [-0.1, -0.05) is 64.0 Å². The maximum Gasteiger partial charge on any atom is 0.339 e. The third-order valence-electron chi connectivity index (χ3n) is 4.68. The number of fused-ring (bicyclic) bond motifs is 1. The van der Waals surface area contributed by atoms with Crippen molar-refractivity contribution in [2.75, 3.05) is 13.2 Å². The van der Waals surface area contributed by atoms with Gasteiger partial charge in [0, 0.05) is 15.4 Å². The minimum atomic E-state index is -0.388. The minimum absolute atomic E-state index is 0.158. The van der Waals surface area contributed by atoms with Gasteiger partial charge in [-0.15, -0.1) is 0 Å². The van der Waals surface area contributed by atoms with Crippen LogP contribution in [0.5, 0.6) is 5.75 Å². The van der Waals surface area contributed by atoms with Crippen LogP contribution in [-0.2, 0) is 4.74 Å². The lowest BCUT2D eigenvalue weighted by Gasteiger charge is -2.11. The molecule has 0 fully saturated rings. The number of rotatable bonds is 6. The van der Waals surface area contributed by atoms with E-state index in [-0.39, 0.29) is 19.2 Å². The van der Waals surface area contributed by atoms with E-state index in [9.17, 15) is 4.79 Å². The molecule has 0 aliphatic carbocycles. The highest BCUT2D eigenvalue weighted by Gasteiger charge is 2.15. The Labute approximate surface area is 183 Å². The zero-order valence-electron chi connectivity index (χ0n) is 16.5. The Hall–Kier alpha value is -3.18. The topological polar surface area (TPSA) is 48.4 Å². The van der Waals surface area contributed by atoms with Crippen molar-refractivity contribution in [3.05, 3.63) is 94.5 Å². The molecule has 0 atom stereocenters. The van der Waals surface area contributed by atoms with E-state index in [1.807, 2.05) is 79.7 Å². The number of halogens is 1. The molecule has 3 aromatic carbocycles. The number of benzene rings is 3. The van der Waals surface area contributed by atoms with Gasteiger partial charge in [0.2, 0.25) is 0 Å². The van der Waals surface area contributed by atoms with Crippen LogP contribution in [0.15, 0.2) is 83.3 Å². The molecule has 30 heavy (non-hydrogen) atoms. The smallest absolute Gasteiger partial charge is 0.339 e. The Bertz CT molecular complexity index is 1170. The molecule has 0 radical (unpaired) electrons. The largest absolute Gasteiger partial charge is 0.490 e. The van der Waals surface area contributed by atoms with Crippen molar-refractivity contribution in [2.45, 2.75) is 6.92 Å². The van der Waals surface area contributed by atoms with Gasteiger partial charge in [-0.05, 0) is 43.3 Å². The van der Waals surface area contributed by atoms with Crippen LogP contribution in [0.3, 0.4) is 0 Å². The van der Waals surface area contributed by atoms with Crippen LogP contribution in [0.2, 0.25) is 0 Å². The summed E-state index contributed by atoms with van der Waals surface area (Å²) >= 11 is 3.39. The summed E-state index contributed by atoms with van der Waals surface area (Å²) in [5.74, 6) is 0.339. The normalized spacial score (nSPS) is 10.7. The quantitative estimate of drug-likeness (QED) is 0.253. The van der Waals surface area contributed by atoms with Crippen molar-refractivity contribution in [3.8, 4) is 17.0 Å². The van der Waals surface area contributed by atoms with Gasteiger partial charge in [0.05, 0.1) is 16.8 Å². The molecule has 0 aliphatic rings. The van der Waals surface area contributed by atoms with E-state index in [2.05, 4.69) is 15.9 Å². The Morgan fingerprint density at radius 1 is 0.933 bits per heavy atom. The summed E-state index contributed by atoms with van der Waals surface area (Å²) in [7, 11) is 0. The molecule has 5 heteroatoms. The molecule has 150 valence electrons. The van der Waals surface area contributed by atoms with Crippen LogP contribution in [0, 0.1) is 6.92 Å². The van der Waals surface area contributed by atoms with Crippen LogP contribution < -0.4 is 4.74 Å². The van der Waals surface area contributed by atoms with Gasteiger partial charge in [-0.25, -0.2) is 9.78 Å². The first-order chi connectivity index (χ1) is 14.6. The van der Waals surface area contributed by atoms with Crippen molar-refractivity contribution in [2.24, 2.45) is 0 Å². The highest BCUT2D eigenvalue weighted by atomic mass is 79.9. The van der Waals surface area contributed by atoms with Gasteiger partial charge < -0.3 is 9.47 Å². The molecule has 0 bridgehead atoms. The number of aromatic nitrogens is 1. The van der Waals surface area contributed by atoms with Gasteiger partial charge in [-0.3, -0.25) is 0 Å². The number of aryl methyl sites for hydroxylation is 1. The molecule has 4 aromatic rings. The van der Waals surface area contributed by atoms with Crippen LogP contribution in [0.1, 0.15) is 15.9 Å². The second-order valence-electron chi connectivity index (χ2n) is 6.88. The monoisotopic (exact) mass is 461 g/mol. The number of para-hydroxylation sites is 1. The van der Waals surface area contributed by atoms with Crippen LogP contribution in [-0.4, -0.2) is 24.2 Å². The van der Waals surface area contributed by atoms with E-state index in [1.165, 1.54) is 5.56 Å². The van der Waals surface area contributed by atoms with E-state index < -0.39 is 0 Å². The molecule has 0 aliphatic heterocycles. The molecule has 0 saturated carbocycles. The van der Waals surface area contributed by atoms with Crippen molar-refractivity contribution in [3.63, 3.8) is 0 Å². The second-order valence-corrected chi connectivity index (χ2v) is 7.79. The van der Waals surface area contributed by atoms with Gasteiger partial charge >= 0.3 is 5.97 Å². The number of hydrogen-bond donors (Lipinski definition) is 0. The van der Waals surface area contributed by atoms with Crippen molar-refractivity contribution in [1.29, 1.82) is 0 Å². The molecule has 0 unspecified atom stereocenters. The molecule has 1 heterocycles. The molecular weight excluding hydrogens is 442 g/mol. The zero-order chi connectivity index (χ0) is 20.9. The number of nitrogens with zero attached hydrogens (tertiary/aromatic N) is 1. The lowest BCUT2D eigenvalue weighted by molar-refractivity contribution is 0.0452. The van der Waals surface area contributed by atoms with E-state index in [4.69, 9.17) is 14.5 Å². The molecular formula is C25H20BrNO3. The zero-order valence-corrected chi connectivity index (χ0v) is 18.1. The summed E-state index contributed by atoms with van der Waals surface area (Å²) in [5, 5.41) is 0.771. The average molecular weight is 462 g/mol. The van der Waals surface area contributed by atoms with Gasteiger partial charge in [0.1, 0.15) is 19.0 Å². The molecule has 0 N–H and O–H groups in total. The van der Waals surface area contributed by atoms with Crippen LogP contribution in [0.25, 0.3) is 22.2 Å². The van der Waals surface area contributed by atoms with Gasteiger partial charge in [0.25, 0.3) is 0 Å². The van der Waals surface area contributed by atoms with Crippen LogP contribution in [0.4, 0.5) is 0 Å². The van der Waals surface area contributed by atoms with E-state index in [0.717, 1.165) is 32.4 Å². The fourth-order valence-corrected chi connectivity index (χ4v) is 3.38. The summed E-state index contributed by atoms with van der Waals surface area (Å²) in [5.41, 5.74) is 4.13. The van der Waals surface area contributed by atoms with Crippen molar-refractivity contribution >= 4 is 32.8 Å². The standard InChI is InChI=1S/C25H20BrNO3/c1-17-6-8-18(9-7-17)24-16-22(21-4-2-3-5-23(21)27-24)25(28)30-15-14-29-20-12-10-19(26)11-13-20/h2-13,16H,14-15H2,1H3. The Balaban J connectivity index is 1.52. The predicted molar refractivity (Wildman–Crippen MR) is 122 cm³/mol. The first-order valence-electron chi connectivity index (χ1n) is 9.62. The van der Waals surface area contributed by atoms with E-state index in [1.54, 1.807) is 6.07 Å². The number of pyridine rings is 1. The summed E-state index contributed by atoms with van der Waals surface area (Å²) in [6, 6.07) is 25.0. The lowest BCUT2D eigenvalue weighted by atomic mass is 10.0. The Morgan fingerprint density at radius 3 is 2.43 bits per heavy atom. The van der Waals surface area contributed by atoms with Gasteiger partial charge in [0.15, 0.2) is 0 Å². The maximum absolute atomic E-state index is 12.8. The summed E-state index contributed by atoms with van der Waals surface area (Å²) < 4.78 is 12.1. The van der Waals surface area contributed by atoms with E-state index in [0.29, 0.717) is 5.56 Å². The number of ether oxygens (including phenoxy) is 2. The summed E-state index contributed by atoms with van der Waals surface area (Å²) in [4.78, 5) is 17.6. The highest BCUT2D eigenvalue weighted by Crippen LogP contribution is 2.26. The van der Waals surface area contributed by atoms with Crippen LogP contribution >= 0.6 is 15.9 Å². The molecule has 4 rings (SSSR count).